The molecule has 0 fully saturated rings. The standard InChI is InChI=1S/C13H6As2O/c14-10-3-1-8-5-9-2-4-11(15)7-13(9)16-12(8)6-10/h1-4,6-7H. The van der Waals surface area contributed by atoms with Gasteiger partial charge in [-0.05, 0) is 0 Å². The van der Waals surface area contributed by atoms with Crippen molar-refractivity contribution < 1.29 is 4.74 Å². The first-order chi connectivity index (χ1) is 7.72. The molecule has 0 saturated heterocycles. The van der Waals surface area contributed by atoms with Crippen molar-refractivity contribution in [2.24, 2.45) is 0 Å². The fourth-order valence-corrected chi connectivity index (χ4v) is 2.47. The SMILES string of the molecule is [As]c1ccc2c(c1)Oc1cc([As])ccc1[C]2. The summed E-state index contributed by atoms with van der Waals surface area (Å²) < 4.78 is 8.13. The van der Waals surface area contributed by atoms with E-state index in [2.05, 4.69) is 40.1 Å². The molecular weight excluding hydrogens is 322 g/mol. The number of ether oxygens (including phenoxy) is 1. The second kappa shape index (κ2) is 3.98. The van der Waals surface area contributed by atoms with Gasteiger partial charge in [-0.1, -0.05) is 0 Å². The van der Waals surface area contributed by atoms with E-state index in [0.29, 0.717) is 0 Å². The maximum absolute atomic E-state index is 5.86. The Bertz CT molecular complexity index is 514. The van der Waals surface area contributed by atoms with Crippen LogP contribution in [0.1, 0.15) is 11.1 Å². The van der Waals surface area contributed by atoms with Crippen LogP contribution in [0.3, 0.4) is 0 Å². The Morgan fingerprint density at radius 3 is 1.81 bits per heavy atom. The average molecular weight is 328 g/mol. The van der Waals surface area contributed by atoms with Crippen molar-refractivity contribution in [1.29, 1.82) is 0 Å². The zero-order valence-corrected chi connectivity index (χ0v) is 12.0. The van der Waals surface area contributed by atoms with Gasteiger partial charge in [-0.2, -0.15) is 0 Å². The summed E-state index contributed by atoms with van der Waals surface area (Å²) >= 11 is 5.04. The van der Waals surface area contributed by atoms with Crippen LogP contribution < -0.4 is 13.4 Å². The Labute approximate surface area is 112 Å². The monoisotopic (exact) mass is 328 g/mol. The molecule has 3 rings (SSSR count). The number of fused-ring (bicyclic) bond motifs is 2. The van der Waals surface area contributed by atoms with Gasteiger partial charge < -0.3 is 0 Å². The molecule has 16 heavy (non-hydrogen) atoms. The molecule has 0 saturated carbocycles. The first-order valence-corrected chi connectivity index (χ1v) is 6.71. The molecule has 0 bridgehead atoms. The van der Waals surface area contributed by atoms with Crippen LogP contribution in [0.5, 0.6) is 11.5 Å². The second-order valence-corrected chi connectivity index (χ2v) is 5.75. The molecule has 3 heteroatoms. The Morgan fingerprint density at radius 2 is 1.31 bits per heavy atom. The summed E-state index contributed by atoms with van der Waals surface area (Å²) in [5, 5.41) is 0. The van der Waals surface area contributed by atoms with E-state index in [4.69, 9.17) is 4.74 Å². The van der Waals surface area contributed by atoms with Crippen LogP contribution >= 0.6 is 0 Å². The van der Waals surface area contributed by atoms with E-state index in [0.717, 1.165) is 31.3 Å². The summed E-state index contributed by atoms with van der Waals surface area (Å²) in [4.78, 5) is 0. The molecule has 0 N–H and O–H groups in total. The first-order valence-electron chi connectivity index (χ1n) is 4.83. The molecule has 1 nitrogen and oxygen atoms in total. The van der Waals surface area contributed by atoms with E-state index in [9.17, 15) is 0 Å². The predicted octanol–water partition coefficient (Wildman–Crippen LogP) is 0.858. The van der Waals surface area contributed by atoms with Crippen LogP contribution in [0.15, 0.2) is 36.4 Å². The summed E-state index contributed by atoms with van der Waals surface area (Å²) in [7, 11) is 0. The number of benzene rings is 2. The second-order valence-electron chi connectivity index (χ2n) is 3.59. The van der Waals surface area contributed by atoms with Gasteiger partial charge in [0.2, 0.25) is 0 Å². The van der Waals surface area contributed by atoms with Crippen LogP contribution in [0.2, 0.25) is 0 Å². The van der Waals surface area contributed by atoms with Gasteiger partial charge in [0.05, 0.1) is 0 Å². The van der Waals surface area contributed by atoms with Crippen molar-refractivity contribution in [1.82, 2.24) is 0 Å². The summed E-state index contributed by atoms with van der Waals surface area (Å²) in [5.74, 6) is 1.76. The Kier molecular flexibility index (Phi) is 2.62. The van der Waals surface area contributed by atoms with Gasteiger partial charge in [-0.25, -0.2) is 0 Å². The van der Waals surface area contributed by atoms with Crippen molar-refractivity contribution in [3.05, 3.63) is 53.9 Å². The van der Waals surface area contributed by atoms with E-state index in [-0.39, 0.29) is 0 Å². The van der Waals surface area contributed by atoms with Gasteiger partial charge in [0.25, 0.3) is 0 Å². The zero-order valence-electron chi connectivity index (χ0n) is 8.27. The van der Waals surface area contributed by atoms with Gasteiger partial charge >= 0.3 is 113 Å². The molecule has 1 aliphatic rings. The maximum atomic E-state index is 5.86. The molecule has 0 amide bonds. The van der Waals surface area contributed by atoms with Gasteiger partial charge in [0.1, 0.15) is 0 Å². The molecule has 1 aliphatic heterocycles. The molecule has 0 aromatic heterocycles. The summed E-state index contributed by atoms with van der Waals surface area (Å²) in [6, 6.07) is 12.2. The molecule has 74 valence electrons. The summed E-state index contributed by atoms with van der Waals surface area (Å²) in [6.07, 6.45) is 3.36. The molecule has 6 radical (unpaired) electrons. The topological polar surface area (TPSA) is 9.23 Å². The van der Waals surface area contributed by atoms with Crippen molar-refractivity contribution >= 4 is 42.4 Å². The van der Waals surface area contributed by atoms with Crippen molar-refractivity contribution in [3.8, 4) is 11.5 Å². The molecule has 1 heterocycles. The fraction of sp³-hybridized carbons (Fsp3) is 0. The van der Waals surface area contributed by atoms with Crippen LogP contribution in [-0.2, 0) is 0 Å². The van der Waals surface area contributed by atoms with Crippen LogP contribution in [0.4, 0.5) is 0 Å². The molecule has 0 spiro atoms. The van der Waals surface area contributed by atoms with Gasteiger partial charge in [-0.3, -0.25) is 0 Å². The number of rotatable bonds is 0. The van der Waals surface area contributed by atoms with E-state index in [1.165, 1.54) is 0 Å². The fourth-order valence-electron chi connectivity index (χ4n) is 1.66. The van der Waals surface area contributed by atoms with Gasteiger partial charge in [0, 0.05) is 0 Å². The normalized spacial score (nSPS) is 12.6. The Morgan fingerprint density at radius 1 is 0.812 bits per heavy atom. The van der Waals surface area contributed by atoms with E-state index in [1.54, 1.807) is 0 Å². The van der Waals surface area contributed by atoms with E-state index in [1.807, 2.05) is 36.4 Å². The minimum absolute atomic E-state index is 0.878. The minimum atomic E-state index is 0.878. The third kappa shape index (κ3) is 1.83. The van der Waals surface area contributed by atoms with Gasteiger partial charge in [-0.15, -0.1) is 0 Å². The Balaban J connectivity index is 2.10. The third-order valence-electron chi connectivity index (χ3n) is 2.42. The first kappa shape index (κ1) is 10.5. The van der Waals surface area contributed by atoms with Crippen LogP contribution in [-0.4, -0.2) is 33.7 Å². The quantitative estimate of drug-likeness (QED) is 0.556. The molecular formula is C13H6As2O. The predicted molar refractivity (Wildman–Crippen MR) is 65.2 cm³/mol. The third-order valence-corrected chi connectivity index (χ3v) is 3.59. The number of hydrogen-bond acceptors (Lipinski definition) is 1. The number of hydrogen-bond donors (Lipinski definition) is 0. The molecule has 2 aromatic rings. The zero-order chi connectivity index (χ0) is 11.1. The van der Waals surface area contributed by atoms with Crippen molar-refractivity contribution in [3.63, 3.8) is 0 Å². The van der Waals surface area contributed by atoms with Gasteiger partial charge in [0.15, 0.2) is 0 Å². The summed E-state index contributed by atoms with van der Waals surface area (Å²) in [5.41, 5.74) is 2.03. The van der Waals surface area contributed by atoms with E-state index >= 15 is 0 Å². The molecule has 0 atom stereocenters. The molecule has 2 aromatic carbocycles. The molecule has 0 unspecified atom stereocenters. The average Bonchev–Trinajstić information content (AvgIpc) is 2.26. The van der Waals surface area contributed by atoms with Crippen molar-refractivity contribution in [2.45, 2.75) is 0 Å². The molecule has 0 aliphatic carbocycles. The summed E-state index contributed by atoms with van der Waals surface area (Å²) in [6.45, 7) is 0. The van der Waals surface area contributed by atoms with E-state index < -0.39 is 0 Å². The Hall–Kier alpha value is -0.643. The van der Waals surface area contributed by atoms with Crippen molar-refractivity contribution in [2.75, 3.05) is 0 Å². The van der Waals surface area contributed by atoms with Crippen LogP contribution in [0.25, 0.3) is 0 Å². The van der Waals surface area contributed by atoms with Crippen LogP contribution in [0, 0.1) is 6.42 Å².